The molecule has 1 fully saturated rings. The van der Waals surface area contributed by atoms with Gasteiger partial charge < -0.3 is 15.0 Å². The summed E-state index contributed by atoms with van der Waals surface area (Å²) >= 11 is 1.96. The van der Waals surface area contributed by atoms with E-state index in [2.05, 4.69) is 10.3 Å². The third-order valence-electron chi connectivity index (χ3n) is 7.93. The highest BCUT2D eigenvalue weighted by molar-refractivity contribution is 8.00. The van der Waals surface area contributed by atoms with Crippen molar-refractivity contribution in [2.24, 2.45) is 5.92 Å². The zero-order chi connectivity index (χ0) is 32.2. The van der Waals surface area contributed by atoms with Crippen molar-refractivity contribution in [2.45, 2.75) is 22.4 Å². The van der Waals surface area contributed by atoms with E-state index in [4.69, 9.17) is 4.74 Å². The first-order valence-corrected chi connectivity index (χ1v) is 15.7. The quantitative estimate of drug-likeness (QED) is 0.203. The van der Waals surface area contributed by atoms with Crippen molar-refractivity contribution in [1.29, 1.82) is 0 Å². The number of carbonyl (C=O) groups excluding carboxylic acids is 3. The molecule has 2 aliphatic rings. The second-order valence-corrected chi connectivity index (χ2v) is 12.9. The number of fused-ring (bicyclic) bond motifs is 3. The van der Waals surface area contributed by atoms with Crippen LogP contribution in [0, 0.1) is 5.92 Å². The molecule has 1 saturated heterocycles. The first kappa shape index (κ1) is 29.8. The van der Waals surface area contributed by atoms with Gasteiger partial charge in [0.1, 0.15) is 11.0 Å². The van der Waals surface area contributed by atoms with E-state index in [0.717, 1.165) is 57.0 Å². The highest BCUT2D eigenvalue weighted by atomic mass is 32.2. The number of anilines is 2. The summed E-state index contributed by atoms with van der Waals surface area (Å²) in [7, 11) is 0. The van der Waals surface area contributed by atoms with Crippen LogP contribution in [0.5, 0.6) is 5.75 Å². The predicted molar refractivity (Wildman–Crippen MR) is 168 cm³/mol. The SMILES string of the molecule is O=C(COc1ccc(C2c3sc(=O)[nH]c3SC3C(=O)N(c4cccc(C(F)(F)F)c4)C(=O)C32)cc1)Nc1cccc2ccccc12. The fraction of sp³-hybridized carbons (Fsp3) is 0.152. The number of carbonyl (C=O) groups is 3. The predicted octanol–water partition coefficient (Wildman–Crippen LogP) is 6.42. The number of nitrogens with zero attached hydrogens (tertiary/aromatic N) is 1. The number of alkyl halides is 3. The van der Waals surface area contributed by atoms with Gasteiger partial charge in [-0.25, -0.2) is 4.90 Å². The summed E-state index contributed by atoms with van der Waals surface area (Å²) in [5.74, 6) is -2.98. The van der Waals surface area contributed by atoms with Gasteiger partial charge in [-0.3, -0.25) is 19.2 Å². The normalized spacial score (nSPS) is 19.2. The Bertz CT molecular complexity index is 2070. The molecule has 0 saturated carbocycles. The summed E-state index contributed by atoms with van der Waals surface area (Å²) in [4.78, 5) is 56.2. The molecule has 2 aliphatic heterocycles. The number of rotatable bonds is 6. The first-order chi connectivity index (χ1) is 22.1. The number of imide groups is 1. The van der Waals surface area contributed by atoms with E-state index in [-0.39, 0.29) is 23.1 Å². The number of thioether (sulfide) groups is 1. The first-order valence-electron chi connectivity index (χ1n) is 14.0. The fourth-order valence-corrected chi connectivity index (χ4v) is 8.41. The Kier molecular flexibility index (Phi) is 7.44. The molecule has 3 amide bonds. The molecule has 46 heavy (non-hydrogen) atoms. The van der Waals surface area contributed by atoms with Crippen LogP contribution >= 0.6 is 23.1 Å². The number of ether oxygens (including phenoxy) is 1. The summed E-state index contributed by atoms with van der Waals surface area (Å²) in [6, 6.07) is 24.0. The van der Waals surface area contributed by atoms with E-state index in [9.17, 15) is 32.3 Å². The molecule has 0 radical (unpaired) electrons. The van der Waals surface area contributed by atoms with Crippen molar-refractivity contribution in [3.63, 3.8) is 0 Å². The Hall–Kier alpha value is -4.88. The summed E-state index contributed by atoms with van der Waals surface area (Å²) in [5.41, 5.74) is 0.116. The molecule has 5 aromatic rings. The van der Waals surface area contributed by atoms with E-state index in [0.29, 0.717) is 26.9 Å². The van der Waals surface area contributed by atoms with Gasteiger partial charge in [-0.1, -0.05) is 77.7 Å². The molecule has 3 atom stereocenters. The zero-order valence-corrected chi connectivity index (χ0v) is 25.2. The Balaban J connectivity index is 1.13. The van der Waals surface area contributed by atoms with Crippen molar-refractivity contribution < 1.29 is 32.3 Å². The summed E-state index contributed by atoms with van der Waals surface area (Å²) in [5, 5.41) is 4.22. The Morgan fingerprint density at radius 2 is 1.65 bits per heavy atom. The van der Waals surface area contributed by atoms with Crippen LogP contribution in [0.25, 0.3) is 10.8 Å². The summed E-state index contributed by atoms with van der Waals surface area (Å²) in [6.45, 7) is -0.268. The van der Waals surface area contributed by atoms with Gasteiger partial charge in [0.25, 0.3) is 5.91 Å². The molecule has 4 aromatic carbocycles. The second kappa shape index (κ2) is 11.5. The molecule has 13 heteroatoms. The number of thiazole rings is 1. The number of hydrogen-bond donors (Lipinski definition) is 2. The number of aromatic amines is 1. The summed E-state index contributed by atoms with van der Waals surface area (Å²) in [6.07, 6.45) is -4.66. The van der Waals surface area contributed by atoms with E-state index in [1.165, 1.54) is 6.07 Å². The molecule has 2 N–H and O–H groups in total. The monoisotopic (exact) mass is 661 g/mol. The van der Waals surface area contributed by atoms with Gasteiger partial charge in [0.15, 0.2) is 6.61 Å². The molecule has 3 heterocycles. The average Bonchev–Trinajstić information content (AvgIpc) is 3.54. The minimum Gasteiger partial charge on any atom is -0.484 e. The number of hydrogen-bond acceptors (Lipinski definition) is 7. The van der Waals surface area contributed by atoms with Crippen LogP contribution < -0.4 is 19.8 Å². The smallest absolute Gasteiger partial charge is 0.416 e. The number of nitrogens with one attached hydrogen (secondary N) is 2. The van der Waals surface area contributed by atoms with E-state index < -0.39 is 40.6 Å². The lowest BCUT2D eigenvalue weighted by Crippen LogP contribution is -2.32. The number of benzene rings is 4. The standard InChI is InChI=1S/C33H22F3N3O5S2/c34-33(35,36)19-7-4-8-20(15-19)39-30(41)26-25(27-29(38-32(43)46-27)45-28(26)31(39)42)18-11-13-21(14-12-18)44-16-24(40)37-23-10-3-6-17-5-1-2-9-22(17)23/h1-15,25-26,28H,16H2,(H,37,40)(H,38,43). The van der Waals surface area contributed by atoms with Crippen LogP contribution in [0.4, 0.5) is 24.5 Å². The molecule has 0 aliphatic carbocycles. The third-order valence-corrected chi connectivity index (χ3v) is 10.3. The lowest BCUT2D eigenvalue weighted by Gasteiger charge is -2.29. The summed E-state index contributed by atoms with van der Waals surface area (Å²) < 4.78 is 46.0. The highest BCUT2D eigenvalue weighted by Crippen LogP contribution is 2.53. The van der Waals surface area contributed by atoms with Gasteiger partial charge >= 0.3 is 11.0 Å². The van der Waals surface area contributed by atoms with Crippen LogP contribution in [-0.2, 0) is 20.6 Å². The Morgan fingerprint density at radius 1 is 0.913 bits per heavy atom. The second-order valence-electron chi connectivity index (χ2n) is 10.7. The number of H-pyrrole nitrogens is 1. The van der Waals surface area contributed by atoms with Gasteiger partial charge in [-0.15, -0.1) is 0 Å². The molecule has 232 valence electrons. The van der Waals surface area contributed by atoms with E-state index >= 15 is 0 Å². The Morgan fingerprint density at radius 3 is 2.43 bits per heavy atom. The van der Waals surface area contributed by atoms with Crippen LogP contribution in [0.15, 0.2) is 101 Å². The number of halogens is 3. The minimum absolute atomic E-state index is 0.166. The lowest BCUT2D eigenvalue weighted by atomic mass is 9.83. The molecule has 7 rings (SSSR count). The van der Waals surface area contributed by atoms with Gasteiger partial charge in [0.2, 0.25) is 11.8 Å². The van der Waals surface area contributed by atoms with Crippen molar-refractivity contribution in [3.8, 4) is 5.75 Å². The third kappa shape index (κ3) is 5.35. The highest BCUT2D eigenvalue weighted by Gasteiger charge is 2.56. The number of amides is 3. The van der Waals surface area contributed by atoms with Crippen molar-refractivity contribution in [2.75, 3.05) is 16.8 Å². The van der Waals surface area contributed by atoms with Crippen molar-refractivity contribution >= 4 is 63.0 Å². The fourth-order valence-electron chi connectivity index (χ4n) is 5.89. The maximum atomic E-state index is 13.8. The van der Waals surface area contributed by atoms with E-state index in [1.54, 1.807) is 30.3 Å². The molecule has 3 unspecified atom stereocenters. The van der Waals surface area contributed by atoms with E-state index in [1.807, 2.05) is 36.4 Å². The average molecular weight is 662 g/mol. The molecule has 0 bridgehead atoms. The van der Waals surface area contributed by atoms with Crippen LogP contribution in [0.1, 0.15) is 21.9 Å². The van der Waals surface area contributed by atoms with Crippen LogP contribution in [-0.4, -0.2) is 34.6 Å². The molecule has 1 aromatic heterocycles. The van der Waals surface area contributed by atoms with Crippen LogP contribution in [0.2, 0.25) is 0 Å². The zero-order valence-electron chi connectivity index (χ0n) is 23.5. The molecular formula is C33H22F3N3O5S2. The largest absolute Gasteiger partial charge is 0.484 e. The Labute approximate surface area is 267 Å². The molecule has 8 nitrogen and oxygen atoms in total. The van der Waals surface area contributed by atoms with Gasteiger partial charge in [-0.2, -0.15) is 13.2 Å². The maximum Gasteiger partial charge on any atom is 0.416 e. The van der Waals surface area contributed by atoms with Gasteiger partial charge in [-0.05, 0) is 47.3 Å². The van der Waals surface area contributed by atoms with Gasteiger partial charge in [0, 0.05) is 21.9 Å². The minimum atomic E-state index is -4.66. The maximum absolute atomic E-state index is 13.8. The van der Waals surface area contributed by atoms with Crippen LogP contribution in [0.3, 0.4) is 0 Å². The van der Waals surface area contributed by atoms with Crippen molar-refractivity contribution in [3.05, 3.63) is 117 Å². The van der Waals surface area contributed by atoms with Crippen molar-refractivity contribution in [1.82, 2.24) is 4.98 Å². The molecular weight excluding hydrogens is 640 g/mol. The number of aromatic nitrogens is 1. The topological polar surface area (TPSA) is 109 Å². The lowest BCUT2D eigenvalue weighted by molar-refractivity contribution is -0.137. The van der Waals surface area contributed by atoms with Gasteiger partial charge in [0.05, 0.1) is 22.2 Å². The molecule has 0 spiro atoms.